The van der Waals surface area contributed by atoms with Crippen molar-refractivity contribution in [3.8, 4) is 0 Å². The average Bonchev–Trinajstić information content (AvgIpc) is 3.03. The van der Waals surface area contributed by atoms with Crippen molar-refractivity contribution in [2.24, 2.45) is 0 Å². The van der Waals surface area contributed by atoms with Crippen LogP contribution >= 0.6 is 0 Å². The lowest BCUT2D eigenvalue weighted by Gasteiger charge is -2.34. The van der Waals surface area contributed by atoms with Crippen molar-refractivity contribution in [3.05, 3.63) is 47.5 Å². The van der Waals surface area contributed by atoms with Crippen LogP contribution in [0.4, 0.5) is 0 Å². The van der Waals surface area contributed by atoms with E-state index in [0.29, 0.717) is 19.7 Å². The van der Waals surface area contributed by atoms with E-state index >= 15 is 0 Å². The lowest BCUT2D eigenvalue weighted by molar-refractivity contribution is -0.0487. The van der Waals surface area contributed by atoms with Crippen LogP contribution in [0.5, 0.6) is 0 Å². The number of ether oxygens (including phenoxy) is 1. The Morgan fingerprint density at radius 2 is 2.22 bits per heavy atom. The Hall–Kier alpha value is -1.76. The van der Waals surface area contributed by atoms with Gasteiger partial charge in [-0.2, -0.15) is 5.10 Å². The van der Waals surface area contributed by atoms with Crippen LogP contribution in [-0.2, 0) is 11.3 Å². The second kappa shape index (κ2) is 7.21. The molecule has 1 fully saturated rings. The summed E-state index contributed by atoms with van der Waals surface area (Å²) >= 11 is 0. The van der Waals surface area contributed by atoms with E-state index in [9.17, 15) is 5.11 Å². The quantitative estimate of drug-likeness (QED) is 0.901. The van der Waals surface area contributed by atoms with Gasteiger partial charge in [-0.1, -0.05) is 18.2 Å². The van der Waals surface area contributed by atoms with Crippen molar-refractivity contribution in [1.29, 1.82) is 0 Å². The first-order chi connectivity index (χ1) is 11.1. The molecular weight excluding hydrogens is 292 g/mol. The van der Waals surface area contributed by atoms with Crippen LogP contribution in [0.25, 0.3) is 0 Å². The number of morpholine rings is 1. The normalized spacial score (nSPS) is 20.6. The molecule has 0 amide bonds. The van der Waals surface area contributed by atoms with E-state index in [1.807, 2.05) is 6.07 Å². The van der Waals surface area contributed by atoms with Crippen molar-refractivity contribution < 1.29 is 9.84 Å². The predicted octanol–water partition coefficient (Wildman–Crippen LogP) is 1.33. The first kappa shape index (κ1) is 16.1. The van der Waals surface area contributed by atoms with Gasteiger partial charge in [-0.3, -0.25) is 9.58 Å². The lowest BCUT2D eigenvalue weighted by atomic mass is 10.0. The summed E-state index contributed by atoms with van der Waals surface area (Å²) in [5.41, 5.74) is 3.44. The summed E-state index contributed by atoms with van der Waals surface area (Å²) in [4.78, 5) is 6.21. The van der Waals surface area contributed by atoms with Gasteiger partial charge in [0.2, 0.25) is 0 Å². The number of aliphatic hydroxyl groups excluding tert-OH is 1. The van der Waals surface area contributed by atoms with E-state index in [1.165, 1.54) is 17.5 Å². The maximum absolute atomic E-state index is 10.5. The molecule has 124 valence electrons. The molecule has 1 aromatic heterocycles. The third-order valence-corrected chi connectivity index (χ3v) is 4.43. The van der Waals surface area contributed by atoms with E-state index in [0.717, 1.165) is 18.7 Å². The Morgan fingerprint density at radius 3 is 2.96 bits per heavy atom. The minimum absolute atomic E-state index is 0.0809. The predicted molar refractivity (Wildman–Crippen MR) is 87.1 cm³/mol. The van der Waals surface area contributed by atoms with Crippen molar-refractivity contribution in [2.75, 3.05) is 26.2 Å². The maximum Gasteiger partial charge on any atom is 0.137 e. The van der Waals surface area contributed by atoms with Gasteiger partial charge in [0, 0.05) is 19.6 Å². The Balaban J connectivity index is 1.57. The van der Waals surface area contributed by atoms with Gasteiger partial charge in [0.15, 0.2) is 0 Å². The van der Waals surface area contributed by atoms with Gasteiger partial charge in [0.1, 0.15) is 12.7 Å². The maximum atomic E-state index is 10.5. The molecular formula is C17H24N4O2. The summed E-state index contributed by atoms with van der Waals surface area (Å²) in [5.74, 6) is 0. The molecule has 2 heterocycles. The van der Waals surface area contributed by atoms with Gasteiger partial charge >= 0.3 is 0 Å². The monoisotopic (exact) mass is 316 g/mol. The molecule has 1 aromatic carbocycles. The fourth-order valence-corrected chi connectivity index (χ4v) is 2.91. The number of benzene rings is 1. The second-order valence-corrected chi connectivity index (χ2v) is 6.23. The molecule has 1 saturated heterocycles. The van der Waals surface area contributed by atoms with Crippen molar-refractivity contribution in [3.63, 3.8) is 0 Å². The van der Waals surface area contributed by atoms with E-state index in [2.05, 4.69) is 41.0 Å². The summed E-state index contributed by atoms with van der Waals surface area (Å²) in [6, 6.07) is 6.16. The SMILES string of the molecule is Cc1ccc([C@@H](O)CN2CCO[C@H](Cn3cncn3)C2)cc1C. The second-order valence-electron chi connectivity index (χ2n) is 6.23. The third kappa shape index (κ3) is 4.16. The van der Waals surface area contributed by atoms with Crippen molar-refractivity contribution in [1.82, 2.24) is 19.7 Å². The van der Waals surface area contributed by atoms with Crippen LogP contribution in [0, 0.1) is 13.8 Å². The topological polar surface area (TPSA) is 63.4 Å². The Kier molecular flexibility index (Phi) is 5.05. The zero-order valence-corrected chi connectivity index (χ0v) is 13.7. The van der Waals surface area contributed by atoms with E-state index in [-0.39, 0.29) is 6.10 Å². The molecule has 6 nitrogen and oxygen atoms in total. The first-order valence-corrected chi connectivity index (χ1v) is 8.03. The molecule has 0 unspecified atom stereocenters. The number of aromatic nitrogens is 3. The number of hydrogen-bond donors (Lipinski definition) is 1. The molecule has 2 atom stereocenters. The Bertz CT molecular complexity index is 630. The number of rotatable bonds is 5. The Morgan fingerprint density at radius 1 is 1.35 bits per heavy atom. The van der Waals surface area contributed by atoms with E-state index < -0.39 is 6.10 Å². The summed E-state index contributed by atoms with van der Waals surface area (Å²) in [6.45, 7) is 7.79. The Labute approximate surface area is 136 Å². The minimum Gasteiger partial charge on any atom is -0.387 e. The summed E-state index contributed by atoms with van der Waals surface area (Å²) < 4.78 is 7.58. The van der Waals surface area contributed by atoms with Crippen LogP contribution in [0.1, 0.15) is 22.8 Å². The molecule has 6 heteroatoms. The van der Waals surface area contributed by atoms with Gasteiger partial charge in [-0.15, -0.1) is 0 Å². The first-order valence-electron chi connectivity index (χ1n) is 8.03. The van der Waals surface area contributed by atoms with Crippen molar-refractivity contribution >= 4 is 0 Å². The largest absolute Gasteiger partial charge is 0.387 e. The zero-order valence-electron chi connectivity index (χ0n) is 13.7. The van der Waals surface area contributed by atoms with E-state index in [4.69, 9.17) is 4.74 Å². The molecule has 1 aliphatic heterocycles. The van der Waals surface area contributed by atoms with Crippen LogP contribution in [0.15, 0.2) is 30.9 Å². The molecule has 1 N–H and O–H groups in total. The van der Waals surface area contributed by atoms with Crippen molar-refractivity contribution in [2.45, 2.75) is 32.6 Å². The number of nitrogens with zero attached hydrogens (tertiary/aromatic N) is 4. The molecule has 1 aliphatic rings. The van der Waals surface area contributed by atoms with Gasteiger partial charge in [-0.05, 0) is 30.5 Å². The zero-order chi connectivity index (χ0) is 16.2. The molecule has 0 aliphatic carbocycles. The summed E-state index contributed by atoms with van der Waals surface area (Å²) in [6.07, 6.45) is 2.84. The summed E-state index contributed by atoms with van der Waals surface area (Å²) in [7, 11) is 0. The van der Waals surface area contributed by atoms with Crippen LogP contribution in [-0.4, -0.2) is 57.1 Å². The van der Waals surface area contributed by atoms with Gasteiger partial charge in [-0.25, -0.2) is 4.98 Å². The van der Waals surface area contributed by atoms with Gasteiger partial charge in [0.25, 0.3) is 0 Å². The smallest absolute Gasteiger partial charge is 0.137 e. The molecule has 0 saturated carbocycles. The number of aryl methyl sites for hydroxylation is 2. The van der Waals surface area contributed by atoms with Crippen LogP contribution in [0.3, 0.4) is 0 Å². The van der Waals surface area contributed by atoms with Crippen LogP contribution in [0.2, 0.25) is 0 Å². The highest BCUT2D eigenvalue weighted by Gasteiger charge is 2.23. The van der Waals surface area contributed by atoms with E-state index in [1.54, 1.807) is 11.0 Å². The molecule has 0 spiro atoms. The van der Waals surface area contributed by atoms with Gasteiger partial charge < -0.3 is 9.84 Å². The highest BCUT2D eigenvalue weighted by atomic mass is 16.5. The third-order valence-electron chi connectivity index (χ3n) is 4.43. The fourth-order valence-electron chi connectivity index (χ4n) is 2.91. The van der Waals surface area contributed by atoms with Crippen LogP contribution < -0.4 is 0 Å². The molecule has 3 rings (SSSR count). The highest BCUT2D eigenvalue weighted by molar-refractivity contribution is 5.31. The highest BCUT2D eigenvalue weighted by Crippen LogP contribution is 2.19. The molecule has 0 radical (unpaired) electrons. The minimum atomic E-state index is -0.473. The molecule has 2 aromatic rings. The lowest BCUT2D eigenvalue weighted by Crippen LogP contribution is -2.45. The number of aliphatic hydroxyl groups is 1. The fraction of sp³-hybridized carbons (Fsp3) is 0.529. The van der Waals surface area contributed by atoms with Gasteiger partial charge in [0.05, 0.1) is 25.4 Å². The number of β-amino-alcohol motifs (C(OH)–C–C–N with tert-alkyl or cyclic N) is 1. The number of hydrogen-bond acceptors (Lipinski definition) is 5. The molecule has 0 bridgehead atoms. The average molecular weight is 316 g/mol. The summed E-state index contributed by atoms with van der Waals surface area (Å²) in [5, 5.41) is 14.6. The standard InChI is InChI=1S/C17H24N4O2/c1-13-3-4-15(7-14(13)2)17(22)10-20-5-6-23-16(8-20)9-21-12-18-11-19-21/h3-4,7,11-12,16-17,22H,5-6,8-10H2,1-2H3/t16-,17-/m0/s1. The molecule has 23 heavy (non-hydrogen) atoms.